The lowest BCUT2D eigenvalue weighted by molar-refractivity contribution is 0.0708. The summed E-state index contributed by atoms with van der Waals surface area (Å²) in [5.74, 6) is 0. The molecular formula is C27H60N2O3Si. The second-order valence-corrected chi connectivity index (χ2v) is 11.9. The molecule has 33 heavy (non-hydrogen) atoms. The number of hydrogen-bond acceptors (Lipinski definition) is 5. The van der Waals surface area contributed by atoms with Crippen LogP contribution in [0.2, 0.25) is 6.04 Å². The summed E-state index contributed by atoms with van der Waals surface area (Å²) in [6, 6.07) is 0.891. The maximum Gasteiger partial charge on any atom is 0.500 e. The van der Waals surface area contributed by atoms with Gasteiger partial charge in [0, 0.05) is 39.0 Å². The van der Waals surface area contributed by atoms with Crippen LogP contribution in [-0.4, -0.2) is 54.8 Å². The maximum absolute atomic E-state index is 5.91. The van der Waals surface area contributed by atoms with Crippen LogP contribution in [0.3, 0.4) is 0 Å². The predicted octanol–water partition coefficient (Wildman–Crippen LogP) is 7.09. The summed E-state index contributed by atoms with van der Waals surface area (Å²) in [7, 11) is -2.47. The van der Waals surface area contributed by atoms with Gasteiger partial charge < -0.3 is 23.9 Å². The lowest BCUT2D eigenvalue weighted by Crippen LogP contribution is -2.46. The molecule has 0 radical (unpaired) electrons. The Balaban J connectivity index is 3.35. The molecule has 0 aromatic heterocycles. The normalized spacial score (nSPS) is 12.0. The van der Waals surface area contributed by atoms with Crippen LogP contribution in [0.1, 0.15) is 124 Å². The van der Waals surface area contributed by atoms with E-state index in [1.165, 1.54) is 89.9 Å². The van der Waals surface area contributed by atoms with Crippen molar-refractivity contribution in [2.75, 3.05) is 46.0 Å². The summed E-state index contributed by atoms with van der Waals surface area (Å²) < 4.78 is 17.7. The quantitative estimate of drug-likeness (QED) is 0.0909. The highest BCUT2D eigenvalue weighted by Gasteiger charge is 2.39. The molecule has 0 atom stereocenters. The summed E-state index contributed by atoms with van der Waals surface area (Å²) in [5, 5.41) is 7.10. The van der Waals surface area contributed by atoms with E-state index in [0.717, 1.165) is 38.6 Å². The molecule has 200 valence electrons. The minimum Gasteiger partial charge on any atom is -0.374 e. The Hall–Kier alpha value is 0.0169. The summed E-state index contributed by atoms with van der Waals surface area (Å²) in [4.78, 5) is 0. The van der Waals surface area contributed by atoms with Gasteiger partial charge in [-0.3, -0.25) is 0 Å². The first kappa shape index (κ1) is 33.0. The van der Waals surface area contributed by atoms with Crippen LogP contribution in [-0.2, 0) is 13.3 Å². The molecule has 0 fully saturated rings. The van der Waals surface area contributed by atoms with Crippen molar-refractivity contribution < 1.29 is 13.3 Å². The Morgan fingerprint density at radius 1 is 0.424 bits per heavy atom. The van der Waals surface area contributed by atoms with E-state index in [0.29, 0.717) is 19.8 Å². The first-order valence-electron chi connectivity index (χ1n) is 14.6. The second-order valence-electron chi connectivity index (χ2n) is 9.18. The summed E-state index contributed by atoms with van der Waals surface area (Å²) in [5.41, 5.74) is 0. The van der Waals surface area contributed by atoms with Gasteiger partial charge in [-0.2, -0.15) is 0 Å². The monoisotopic (exact) mass is 488 g/mol. The van der Waals surface area contributed by atoms with Gasteiger partial charge in [0.25, 0.3) is 0 Å². The summed E-state index contributed by atoms with van der Waals surface area (Å²) >= 11 is 0. The largest absolute Gasteiger partial charge is 0.500 e. The highest BCUT2D eigenvalue weighted by Crippen LogP contribution is 2.17. The van der Waals surface area contributed by atoms with Gasteiger partial charge in [0.1, 0.15) is 0 Å². The van der Waals surface area contributed by atoms with Gasteiger partial charge in [0.05, 0.1) is 0 Å². The van der Waals surface area contributed by atoms with Gasteiger partial charge >= 0.3 is 8.80 Å². The lowest BCUT2D eigenvalue weighted by atomic mass is 10.0. The maximum atomic E-state index is 5.91. The molecule has 0 aliphatic rings. The van der Waals surface area contributed by atoms with Crippen molar-refractivity contribution in [3.05, 3.63) is 0 Å². The molecule has 0 heterocycles. The molecule has 0 aromatic rings. The SMILES string of the molecule is CCCCCCCCCCCCCCCCNCCNCCC[Si](OCC)(OCC)OCC. The smallest absolute Gasteiger partial charge is 0.374 e. The number of hydrogen-bond donors (Lipinski definition) is 2. The summed E-state index contributed by atoms with van der Waals surface area (Å²) in [6.07, 6.45) is 20.9. The van der Waals surface area contributed by atoms with E-state index in [1.54, 1.807) is 0 Å². The Kier molecular flexibility index (Phi) is 26.6. The molecule has 0 saturated heterocycles. The molecule has 0 rings (SSSR count). The molecule has 0 aliphatic heterocycles. The van der Waals surface area contributed by atoms with Crippen molar-refractivity contribution in [3.63, 3.8) is 0 Å². The van der Waals surface area contributed by atoms with E-state index in [2.05, 4.69) is 17.6 Å². The molecule has 0 unspecified atom stereocenters. The predicted molar refractivity (Wildman–Crippen MR) is 146 cm³/mol. The fourth-order valence-corrected chi connectivity index (χ4v) is 6.91. The third-order valence-electron chi connectivity index (χ3n) is 6.11. The fraction of sp³-hybridized carbons (Fsp3) is 1.00. The van der Waals surface area contributed by atoms with E-state index >= 15 is 0 Å². The van der Waals surface area contributed by atoms with Gasteiger partial charge in [-0.15, -0.1) is 0 Å². The Morgan fingerprint density at radius 3 is 1.18 bits per heavy atom. The molecule has 6 heteroatoms. The molecule has 0 spiro atoms. The van der Waals surface area contributed by atoms with Crippen LogP contribution in [0, 0.1) is 0 Å². The Bertz CT molecular complexity index is 358. The molecule has 0 bridgehead atoms. The first-order valence-corrected chi connectivity index (χ1v) is 16.5. The fourth-order valence-electron chi connectivity index (χ4n) is 4.30. The second kappa shape index (κ2) is 26.6. The molecule has 0 aromatic carbocycles. The number of rotatable bonds is 28. The average molecular weight is 489 g/mol. The van der Waals surface area contributed by atoms with Crippen LogP contribution in [0.15, 0.2) is 0 Å². The van der Waals surface area contributed by atoms with Crippen LogP contribution in [0.25, 0.3) is 0 Å². The average Bonchev–Trinajstić information content (AvgIpc) is 2.80. The van der Waals surface area contributed by atoms with E-state index in [4.69, 9.17) is 13.3 Å². The molecule has 0 amide bonds. The van der Waals surface area contributed by atoms with E-state index < -0.39 is 8.80 Å². The van der Waals surface area contributed by atoms with Crippen LogP contribution in [0.4, 0.5) is 0 Å². The zero-order valence-electron chi connectivity index (χ0n) is 23.0. The zero-order chi connectivity index (χ0) is 24.3. The zero-order valence-corrected chi connectivity index (χ0v) is 24.0. The third-order valence-corrected chi connectivity index (χ3v) is 9.27. The number of nitrogens with one attached hydrogen (secondary N) is 2. The number of unbranched alkanes of at least 4 members (excludes halogenated alkanes) is 13. The minimum atomic E-state index is -2.47. The van der Waals surface area contributed by atoms with Crippen LogP contribution in [0.5, 0.6) is 0 Å². The van der Waals surface area contributed by atoms with Gasteiger partial charge in [-0.1, -0.05) is 90.4 Å². The topological polar surface area (TPSA) is 51.8 Å². The van der Waals surface area contributed by atoms with E-state index in [9.17, 15) is 0 Å². The van der Waals surface area contributed by atoms with Crippen molar-refractivity contribution in [1.82, 2.24) is 10.6 Å². The van der Waals surface area contributed by atoms with Gasteiger partial charge in [-0.25, -0.2) is 0 Å². The van der Waals surface area contributed by atoms with Gasteiger partial charge in [0.15, 0.2) is 0 Å². The molecule has 2 N–H and O–H groups in total. The van der Waals surface area contributed by atoms with Crippen molar-refractivity contribution in [1.29, 1.82) is 0 Å². The van der Waals surface area contributed by atoms with Crippen LogP contribution >= 0.6 is 0 Å². The Labute approximate surface area is 208 Å². The molecule has 0 aliphatic carbocycles. The molecular weight excluding hydrogens is 428 g/mol. The lowest BCUT2D eigenvalue weighted by Gasteiger charge is -2.28. The van der Waals surface area contributed by atoms with Crippen molar-refractivity contribution in [3.8, 4) is 0 Å². The molecule has 5 nitrogen and oxygen atoms in total. The highest BCUT2D eigenvalue weighted by atomic mass is 28.4. The highest BCUT2D eigenvalue weighted by molar-refractivity contribution is 6.60. The summed E-state index contributed by atoms with van der Waals surface area (Å²) in [6.45, 7) is 14.5. The van der Waals surface area contributed by atoms with Crippen molar-refractivity contribution in [2.45, 2.75) is 130 Å². The Morgan fingerprint density at radius 2 is 0.788 bits per heavy atom. The van der Waals surface area contributed by atoms with Crippen molar-refractivity contribution >= 4 is 8.80 Å². The van der Waals surface area contributed by atoms with Gasteiger partial charge in [-0.05, 0) is 46.7 Å². The van der Waals surface area contributed by atoms with E-state index in [1.807, 2.05) is 20.8 Å². The van der Waals surface area contributed by atoms with Crippen LogP contribution < -0.4 is 10.6 Å². The van der Waals surface area contributed by atoms with E-state index in [-0.39, 0.29) is 0 Å². The first-order chi connectivity index (χ1) is 16.2. The molecule has 0 saturated carbocycles. The minimum absolute atomic E-state index is 0.656. The standard InChI is InChI=1S/C27H60N2O3Si/c1-5-9-10-11-12-13-14-15-16-17-18-19-20-21-23-28-25-26-29-24-22-27-33(30-6-2,31-7-3)32-8-4/h28-29H,5-27H2,1-4H3. The van der Waals surface area contributed by atoms with Crippen molar-refractivity contribution in [2.24, 2.45) is 0 Å². The third kappa shape index (κ3) is 22.2. The van der Waals surface area contributed by atoms with Gasteiger partial charge in [0.2, 0.25) is 0 Å².